The Labute approximate surface area is 105 Å². The van der Waals surface area contributed by atoms with Crippen molar-refractivity contribution in [2.24, 2.45) is 4.99 Å². The van der Waals surface area contributed by atoms with Gasteiger partial charge >= 0.3 is 6.18 Å². The number of alkyl halides is 3. The third kappa shape index (κ3) is 11.7. The molecule has 0 bridgehead atoms. The molecule has 0 saturated carbocycles. The van der Waals surface area contributed by atoms with Crippen LogP contribution in [0.2, 0.25) is 0 Å². The van der Waals surface area contributed by atoms with Crippen LogP contribution in [-0.2, 0) is 0 Å². The summed E-state index contributed by atoms with van der Waals surface area (Å²) in [7, 11) is 1.55. The lowest BCUT2D eigenvalue weighted by atomic mass is 10.3. The summed E-state index contributed by atoms with van der Waals surface area (Å²) in [4.78, 5) is 3.85. The maximum absolute atomic E-state index is 11.9. The van der Waals surface area contributed by atoms with E-state index in [-0.39, 0.29) is 6.54 Å². The first-order valence-electron chi connectivity index (χ1n) is 5.50. The second-order valence-corrected chi connectivity index (χ2v) is 4.48. The number of nitrogens with zero attached hydrogens (tertiary/aromatic N) is 1. The lowest BCUT2D eigenvalue weighted by Crippen LogP contribution is -2.39. The monoisotopic (exact) mass is 271 g/mol. The summed E-state index contributed by atoms with van der Waals surface area (Å²) in [6, 6.07) is 0. The molecule has 0 heterocycles. The number of thioether (sulfide) groups is 1. The van der Waals surface area contributed by atoms with Crippen LogP contribution in [0.1, 0.15) is 19.3 Å². The first kappa shape index (κ1) is 16.4. The largest absolute Gasteiger partial charge is 0.390 e. The van der Waals surface area contributed by atoms with E-state index in [0.29, 0.717) is 5.96 Å². The van der Waals surface area contributed by atoms with Crippen LogP contribution in [0, 0.1) is 0 Å². The molecule has 0 rings (SSSR count). The zero-order chi connectivity index (χ0) is 13.1. The SMILES string of the molecule is CN=C(NCCCCSC)NCCC(F)(F)F. The first-order chi connectivity index (χ1) is 7.99. The molecule has 0 fully saturated rings. The molecule has 0 aromatic rings. The van der Waals surface area contributed by atoms with E-state index in [1.165, 1.54) is 0 Å². The lowest BCUT2D eigenvalue weighted by molar-refractivity contribution is -0.132. The van der Waals surface area contributed by atoms with Gasteiger partial charge in [0.15, 0.2) is 5.96 Å². The normalized spacial score (nSPS) is 12.6. The van der Waals surface area contributed by atoms with Gasteiger partial charge in [0.05, 0.1) is 6.42 Å². The molecular formula is C10H20F3N3S. The van der Waals surface area contributed by atoms with Crippen LogP contribution in [0.15, 0.2) is 4.99 Å². The maximum atomic E-state index is 11.9. The van der Waals surface area contributed by atoms with Crippen molar-refractivity contribution in [1.29, 1.82) is 0 Å². The number of hydrogen-bond donors (Lipinski definition) is 2. The number of halogens is 3. The third-order valence-corrected chi connectivity index (χ3v) is 2.69. The van der Waals surface area contributed by atoms with Gasteiger partial charge in [0.25, 0.3) is 0 Å². The molecule has 3 nitrogen and oxygen atoms in total. The van der Waals surface area contributed by atoms with Crippen LogP contribution >= 0.6 is 11.8 Å². The lowest BCUT2D eigenvalue weighted by Gasteiger charge is -2.12. The van der Waals surface area contributed by atoms with Crippen molar-refractivity contribution in [1.82, 2.24) is 10.6 Å². The Morgan fingerprint density at radius 1 is 1.18 bits per heavy atom. The molecule has 0 radical (unpaired) electrons. The minimum Gasteiger partial charge on any atom is -0.356 e. The van der Waals surface area contributed by atoms with Crippen LogP contribution in [-0.4, -0.2) is 44.3 Å². The number of unbranched alkanes of at least 4 members (excludes halogenated alkanes) is 1. The topological polar surface area (TPSA) is 36.4 Å². The summed E-state index contributed by atoms with van der Waals surface area (Å²) < 4.78 is 35.7. The molecule has 0 aliphatic carbocycles. The summed E-state index contributed by atoms with van der Waals surface area (Å²) >= 11 is 1.78. The van der Waals surface area contributed by atoms with E-state index in [4.69, 9.17) is 0 Å². The molecule has 0 aromatic carbocycles. The predicted octanol–water partition coefficient (Wildman–Crippen LogP) is 2.25. The van der Waals surface area contributed by atoms with Crippen LogP contribution in [0.3, 0.4) is 0 Å². The summed E-state index contributed by atoms with van der Waals surface area (Å²) in [5, 5.41) is 5.61. The van der Waals surface area contributed by atoms with E-state index in [1.54, 1.807) is 18.8 Å². The zero-order valence-electron chi connectivity index (χ0n) is 10.2. The Kier molecular flexibility index (Phi) is 9.11. The van der Waals surface area contributed by atoms with Crippen molar-refractivity contribution in [2.45, 2.75) is 25.4 Å². The molecule has 0 atom stereocenters. The molecule has 2 N–H and O–H groups in total. The molecule has 17 heavy (non-hydrogen) atoms. The minimum atomic E-state index is -4.12. The predicted molar refractivity (Wildman–Crippen MR) is 67.7 cm³/mol. The second-order valence-electron chi connectivity index (χ2n) is 3.49. The van der Waals surface area contributed by atoms with Crippen molar-refractivity contribution in [3.8, 4) is 0 Å². The third-order valence-electron chi connectivity index (χ3n) is 1.99. The fourth-order valence-electron chi connectivity index (χ4n) is 1.12. The molecule has 0 unspecified atom stereocenters. The molecule has 7 heteroatoms. The fraction of sp³-hybridized carbons (Fsp3) is 0.900. The number of aliphatic imine (C=N–C) groups is 1. The summed E-state index contributed by atoms with van der Waals surface area (Å²) in [5.41, 5.74) is 0. The molecule has 0 aliphatic heterocycles. The van der Waals surface area contributed by atoms with Crippen LogP contribution in [0.4, 0.5) is 13.2 Å². The Morgan fingerprint density at radius 3 is 2.35 bits per heavy atom. The highest BCUT2D eigenvalue weighted by Gasteiger charge is 2.26. The molecule has 0 amide bonds. The van der Waals surface area contributed by atoms with Crippen LogP contribution in [0.25, 0.3) is 0 Å². The van der Waals surface area contributed by atoms with Crippen molar-refractivity contribution in [3.05, 3.63) is 0 Å². The van der Waals surface area contributed by atoms with E-state index < -0.39 is 12.6 Å². The van der Waals surface area contributed by atoms with Gasteiger partial charge in [-0.25, -0.2) is 0 Å². The molecule has 102 valence electrons. The Hall–Kier alpha value is -0.590. The Balaban J connectivity index is 3.57. The van der Waals surface area contributed by atoms with E-state index in [0.717, 1.165) is 25.1 Å². The highest BCUT2D eigenvalue weighted by molar-refractivity contribution is 7.98. The summed E-state index contributed by atoms with van der Waals surface area (Å²) in [6.45, 7) is 0.584. The van der Waals surface area contributed by atoms with Gasteiger partial charge < -0.3 is 10.6 Å². The van der Waals surface area contributed by atoms with E-state index in [2.05, 4.69) is 15.6 Å². The molecular weight excluding hydrogens is 251 g/mol. The number of rotatable bonds is 7. The van der Waals surface area contributed by atoms with Crippen molar-refractivity contribution < 1.29 is 13.2 Å². The number of guanidine groups is 1. The maximum Gasteiger partial charge on any atom is 0.390 e. The molecule has 0 spiro atoms. The van der Waals surface area contributed by atoms with E-state index >= 15 is 0 Å². The summed E-state index contributed by atoms with van der Waals surface area (Å²) in [5.74, 6) is 1.53. The van der Waals surface area contributed by atoms with Crippen molar-refractivity contribution in [2.75, 3.05) is 32.1 Å². The Bertz CT molecular complexity index is 219. The highest BCUT2D eigenvalue weighted by atomic mass is 32.2. The highest BCUT2D eigenvalue weighted by Crippen LogP contribution is 2.17. The van der Waals surface area contributed by atoms with Crippen LogP contribution in [0.5, 0.6) is 0 Å². The fourth-order valence-corrected chi connectivity index (χ4v) is 1.61. The second kappa shape index (κ2) is 9.44. The van der Waals surface area contributed by atoms with E-state index in [9.17, 15) is 13.2 Å². The van der Waals surface area contributed by atoms with Gasteiger partial charge in [-0.15, -0.1) is 0 Å². The van der Waals surface area contributed by atoms with Crippen molar-refractivity contribution >= 4 is 17.7 Å². The minimum absolute atomic E-state index is 0.145. The quantitative estimate of drug-likeness (QED) is 0.423. The molecule has 0 aliphatic rings. The van der Waals surface area contributed by atoms with Crippen molar-refractivity contribution in [3.63, 3.8) is 0 Å². The molecule has 0 saturated heterocycles. The van der Waals surface area contributed by atoms with Gasteiger partial charge in [0.2, 0.25) is 0 Å². The van der Waals surface area contributed by atoms with Gasteiger partial charge in [-0.05, 0) is 24.9 Å². The molecule has 0 aromatic heterocycles. The summed E-state index contributed by atoms with van der Waals surface area (Å²) in [6.07, 6.45) is -0.843. The van der Waals surface area contributed by atoms with Gasteiger partial charge in [0, 0.05) is 20.1 Å². The van der Waals surface area contributed by atoms with Gasteiger partial charge in [-0.1, -0.05) is 0 Å². The van der Waals surface area contributed by atoms with Gasteiger partial charge in [0.1, 0.15) is 0 Å². The van der Waals surface area contributed by atoms with Gasteiger partial charge in [-0.3, -0.25) is 4.99 Å². The average Bonchev–Trinajstić information content (AvgIpc) is 2.25. The van der Waals surface area contributed by atoms with Crippen LogP contribution < -0.4 is 10.6 Å². The van der Waals surface area contributed by atoms with Gasteiger partial charge in [-0.2, -0.15) is 24.9 Å². The smallest absolute Gasteiger partial charge is 0.356 e. The average molecular weight is 271 g/mol. The number of hydrogen-bond acceptors (Lipinski definition) is 2. The zero-order valence-corrected chi connectivity index (χ0v) is 11.0. The Morgan fingerprint density at radius 2 is 1.82 bits per heavy atom. The number of nitrogens with one attached hydrogen (secondary N) is 2. The van der Waals surface area contributed by atoms with E-state index in [1.807, 2.05) is 6.26 Å². The standard InChI is InChI=1S/C10H20F3N3S/c1-14-9(15-6-3-4-8-17-2)16-7-5-10(11,12)13/h3-8H2,1-2H3,(H2,14,15,16). The first-order valence-corrected chi connectivity index (χ1v) is 6.89.